The van der Waals surface area contributed by atoms with Crippen molar-refractivity contribution in [2.45, 2.75) is 25.8 Å². The molecular weight excluding hydrogens is 240 g/mol. The van der Waals surface area contributed by atoms with Crippen molar-refractivity contribution in [3.05, 3.63) is 53.4 Å². The molecule has 1 atom stereocenters. The van der Waals surface area contributed by atoms with Crippen LogP contribution in [0.4, 0.5) is 0 Å². The maximum Gasteiger partial charge on any atom is 0.290 e. The lowest BCUT2D eigenvalue weighted by molar-refractivity contribution is 0.0894. The monoisotopic (exact) mass is 256 g/mol. The second-order valence-electron chi connectivity index (χ2n) is 5.03. The van der Waals surface area contributed by atoms with E-state index in [9.17, 15) is 4.79 Å². The van der Waals surface area contributed by atoms with E-state index in [0.717, 1.165) is 18.4 Å². The summed E-state index contributed by atoms with van der Waals surface area (Å²) >= 11 is 0. The zero-order valence-electron chi connectivity index (χ0n) is 10.8. The molecular formula is C15H16N2O2. The molecule has 1 saturated carbocycles. The minimum atomic E-state index is -0.193. The van der Waals surface area contributed by atoms with Gasteiger partial charge in [0, 0.05) is 6.07 Å². The van der Waals surface area contributed by atoms with Crippen LogP contribution in [0.3, 0.4) is 0 Å². The van der Waals surface area contributed by atoms with Gasteiger partial charge in [0.2, 0.25) is 5.76 Å². The van der Waals surface area contributed by atoms with E-state index in [0.29, 0.717) is 11.6 Å². The fourth-order valence-corrected chi connectivity index (χ4v) is 2.25. The van der Waals surface area contributed by atoms with Gasteiger partial charge in [0.1, 0.15) is 0 Å². The molecule has 0 saturated heterocycles. The van der Waals surface area contributed by atoms with E-state index >= 15 is 0 Å². The zero-order valence-corrected chi connectivity index (χ0v) is 10.8. The van der Waals surface area contributed by atoms with Crippen molar-refractivity contribution in [1.29, 1.82) is 0 Å². The molecule has 1 aliphatic carbocycles. The van der Waals surface area contributed by atoms with E-state index in [1.165, 1.54) is 0 Å². The molecule has 1 aromatic carbocycles. The van der Waals surface area contributed by atoms with E-state index in [-0.39, 0.29) is 17.7 Å². The third kappa shape index (κ3) is 2.67. The van der Waals surface area contributed by atoms with Crippen LogP contribution in [0.15, 0.2) is 40.9 Å². The van der Waals surface area contributed by atoms with Crippen molar-refractivity contribution >= 4 is 5.91 Å². The van der Waals surface area contributed by atoms with Gasteiger partial charge in [0.15, 0.2) is 0 Å². The van der Waals surface area contributed by atoms with Gasteiger partial charge in [-0.2, -0.15) is 0 Å². The third-order valence-corrected chi connectivity index (χ3v) is 3.39. The maximum absolute atomic E-state index is 12.1. The number of aromatic nitrogens is 1. The lowest BCUT2D eigenvalue weighted by Gasteiger charge is -2.17. The Hall–Kier alpha value is -2.10. The lowest BCUT2D eigenvalue weighted by Crippen LogP contribution is -2.29. The average Bonchev–Trinajstić information content (AvgIpc) is 3.18. The topological polar surface area (TPSA) is 55.1 Å². The molecule has 4 heteroatoms. The second kappa shape index (κ2) is 4.88. The van der Waals surface area contributed by atoms with Gasteiger partial charge in [-0.15, -0.1) is 0 Å². The highest BCUT2D eigenvalue weighted by atomic mass is 16.5. The summed E-state index contributed by atoms with van der Waals surface area (Å²) in [5.41, 5.74) is 1.86. The van der Waals surface area contributed by atoms with Crippen molar-refractivity contribution in [1.82, 2.24) is 10.5 Å². The van der Waals surface area contributed by atoms with Crippen LogP contribution in [0.25, 0.3) is 0 Å². The number of benzene rings is 1. The molecule has 4 nitrogen and oxygen atoms in total. The van der Waals surface area contributed by atoms with Crippen LogP contribution in [0.2, 0.25) is 0 Å². The first-order valence-electron chi connectivity index (χ1n) is 6.53. The predicted molar refractivity (Wildman–Crippen MR) is 70.6 cm³/mol. The molecule has 1 aromatic heterocycles. The van der Waals surface area contributed by atoms with Crippen LogP contribution in [-0.2, 0) is 0 Å². The summed E-state index contributed by atoms with van der Waals surface area (Å²) in [4.78, 5) is 12.1. The molecule has 1 N–H and O–H groups in total. The van der Waals surface area contributed by atoms with Crippen molar-refractivity contribution in [2.24, 2.45) is 5.92 Å². The van der Waals surface area contributed by atoms with Gasteiger partial charge in [0.05, 0.1) is 11.7 Å². The minimum Gasteiger partial charge on any atom is -0.351 e. The van der Waals surface area contributed by atoms with Gasteiger partial charge in [-0.1, -0.05) is 35.5 Å². The van der Waals surface area contributed by atoms with Gasteiger partial charge in [0.25, 0.3) is 5.91 Å². The number of carbonyl (C=O) groups is 1. The normalized spacial score (nSPS) is 16.1. The van der Waals surface area contributed by atoms with Crippen LogP contribution in [0.5, 0.6) is 0 Å². The number of hydrogen-bond acceptors (Lipinski definition) is 3. The summed E-state index contributed by atoms with van der Waals surface area (Å²) in [6, 6.07) is 11.8. The third-order valence-electron chi connectivity index (χ3n) is 3.39. The lowest BCUT2D eigenvalue weighted by atomic mass is 10.0. The zero-order chi connectivity index (χ0) is 13.2. The molecule has 1 heterocycles. The highest BCUT2D eigenvalue weighted by Crippen LogP contribution is 2.41. The van der Waals surface area contributed by atoms with Gasteiger partial charge in [-0.25, -0.2) is 0 Å². The first-order chi connectivity index (χ1) is 9.24. The number of amides is 1. The molecule has 1 aliphatic rings. The molecule has 1 amide bonds. The average molecular weight is 256 g/mol. The Morgan fingerprint density at radius 2 is 2.11 bits per heavy atom. The van der Waals surface area contributed by atoms with E-state index < -0.39 is 0 Å². The van der Waals surface area contributed by atoms with E-state index in [1.807, 2.05) is 18.2 Å². The summed E-state index contributed by atoms with van der Waals surface area (Å²) in [7, 11) is 0. The van der Waals surface area contributed by atoms with Gasteiger partial charge in [-0.3, -0.25) is 4.79 Å². The molecule has 3 rings (SSSR count). The summed E-state index contributed by atoms with van der Waals surface area (Å²) in [5.74, 6) is 0.621. The second-order valence-corrected chi connectivity index (χ2v) is 5.03. The first kappa shape index (κ1) is 12.0. The fraction of sp³-hybridized carbons (Fsp3) is 0.333. The molecule has 0 radical (unpaired) electrons. The molecule has 0 unspecified atom stereocenters. The summed E-state index contributed by atoms with van der Waals surface area (Å²) in [6.07, 6.45) is 2.32. The van der Waals surface area contributed by atoms with E-state index in [4.69, 9.17) is 4.52 Å². The Balaban J connectivity index is 1.77. The maximum atomic E-state index is 12.1. The van der Waals surface area contributed by atoms with Crippen molar-refractivity contribution < 1.29 is 9.32 Å². The number of hydrogen-bond donors (Lipinski definition) is 1. The highest BCUT2D eigenvalue weighted by Gasteiger charge is 2.34. The first-order valence-corrected chi connectivity index (χ1v) is 6.53. The number of rotatable bonds is 4. The Morgan fingerprint density at radius 1 is 1.37 bits per heavy atom. The van der Waals surface area contributed by atoms with Gasteiger partial charge < -0.3 is 9.84 Å². The summed E-state index contributed by atoms with van der Waals surface area (Å²) in [5, 5.41) is 6.79. The number of nitrogens with one attached hydrogen (secondary N) is 1. The molecule has 0 spiro atoms. The van der Waals surface area contributed by atoms with Crippen molar-refractivity contribution in [2.75, 3.05) is 0 Å². The molecule has 0 bridgehead atoms. The van der Waals surface area contributed by atoms with Crippen LogP contribution in [0, 0.1) is 12.8 Å². The molecule has 1 fully saturated rings. The molecule has 2 aromatic rings. The number of carbonyl (C=O) groups excluding carboxylic acids is 1. The quantitative estimate of drug-likeness (QED) is 0.915. The van der Waals surface area contributed by atoms with E-state index in [2.05, 4.69) is 22.6 Å². The highest BCUT2D eigenvalue weighted by molar-refractivity contribution is 5.91. The minimum absolute atomic E-state index is 0.0686. The van der Waals surface area contributed by atoms with Crippen LogP contribution in [0.1, 0.15) is 40.7 Å². The Bertz CT molecular complexity index is 573. The number of nitrogens with zero attached hydrogens (tertiary/aromatic N) is 1. The van der Waals surface area contributed by atoms with Crippen molar-refractivity contribution in [3.63, 3.8) is 0 Å². The fourth-order valence-electron chi connectivity index (χ4n) is 2.25. The molecule has 0 aliphatic heterocycles. The number of aryl methyl sites for hydroxylation is 1. The predicted octanol–water partition coefficient (Wildman–Crippen LogP) is 2.86. The largest absolute Gasteiger partial charge is 0.351 e. The van der Waals surface area contributed by atoms with Crippen LogP contribution in [-0.4, -0.2) is 11.1 Å². The Morgan fingerprint density at radius 3 is 2.68 bits per heavy atom. The van der Waals surface area contributed by atoms with E-state index in [1.54, 1.807) is 13.0 Å². The van der Waals surface area contributed by atoms with Crippen LogP contribution >= 0.6 is 0 Å². The van der Waals surface area contributed by atoms with Crippen molar-refractivity contribution in [3.8, 4) is 0 Å². The Kier molecular flexibility index (Phi) is 3.07. The molecule has 98 valence electrons. The standard InChI is InChI=1S/C15H16N2O2/c1-10-9-13(19-17-10)15(18)16-14(12-7-8-12)11-5-3-2-4-6-11/h2-6,9,12,14H,7-8H2,1H3,(H,16,18)/t14-/m0/s1. The SMILES string of the molecule is Cc1cc(C(=O)N[C@@H](c2ccccc2)C2CC2)on1. The summed E-state index contributed by atoms with van der Waals surface area (Å²) < 4.78 is 5.00. The molecule has 19 heavy (non-hydrogen) atoms. The van der Waals surface area contributed by atoms with Crippen LogP contribution < -0.4 is 5.32 Å². The van der Waals surface area contributed by atoms with Gasteiger partial charge in [-0.05, 0) is 31.2 Å². The summed E-state index contributed by atoms with van der Waals surface area (Å²) in [6.45, 7) is 1.80. The van der Waals surface area contributed by atoms with Gasteiger partial charge >= 0.3 is 0 Å². The smallest absolute Gasteiger partial charge is 0.290 e. The Labute approximate surface area is 111 Å².